The summed E-state index contributed by atoms with van der Waals surface area (Å²) in [7, 11) is 0. The van der Waals surface area contributed by atoms with E-state index in [2.05, 4.69) is 9.98 Å². The molecular weight excluding hydrogens is 316 g/mol. The van der Waals surface area contributed by atoms with Crippen molar-refractivity contribution in [2.45, 2.75) is 50.8 Å². The lowest BCUT2D eigenvalue weighted by atomic mass is 9.96. The van der Waals surface area contributed by atoms with Crippen molar-refractivity contribution in [1.82, 2.24) is 9.38 Å². The molecule has 1 fully saturated rings. The number of fused-ring (bicyclic) bond motifs is 1. The topological polar surface area (TPSA) is 72.8 Å². The first-order valence-electron chi connectivity index (χ1n) is 7.56. The molecule has 2 aromatic heterocycles. The quantitative estimate of drug-likeness (QED) is 0.691. The van der Waals surface area contributed by atoms with Crippen molar-refractivity contribution in [2.75, 3.05) is 0 Å². The summed E-state index contributed by atoms with van der Waals surface area (Å²) in [5, 5.41) is 2.55. The van der Waals surface area contributed by atoms with E-state index in [1.807, 2.05) is 12.3 Å². The van der Waals surface area contributed by atoms with Gasteiger partial charge in [0.2, 0.25) is 0 Å². The molecule has 3 rings (SSSR count). The van der Waals surface area contributed by atoms with E-state index in [0.717, 1.165) is 29.2 Å². The molecule has 2 aromatic rings. The Balaban J connectivity index is 1.68. The van der Waals surface area contributed by atoms with Gasteiger partial charge in [-0.3, -0.25) is 14.2 Å². The summed E-state index contributed by atoms with van der Waals surface area (Å²) >= 11 is 2.96. The lowest BCUT2D eigenvalue weighted by Crippen LogP contribution is -2.17. The standard InChI is InChI=1S/C15H20N4OS2/c1-10-8-22-15-18-12(7-13(20)19(10)15)9-21-14(16)17-11-5-3-2-4-6-11/h7-8,11H,2-6,9H2,1H3,(H2,16,17). The van der Waals surface area contributed by atoms with E-state index in [4.69, 9.17) is 5.73 Å². The predicted octanol–water partition coefficient (Wildman–Crippen LogP) is 2.95. The van der Waals surface area contributed by atoms with Crippen LogP contribution in [0, 0.1) is 6.92 Å². The third-order valence-corrected chi connectivity index (χ3v) is 5.67. The van der Waals surface area contributed by atoms with Crippen LogP contribution in [-0.4, -0.2) is 20.6 Å². The SMILES string of the molecule is Cc1csc2nc(CSC(N)=NC3CCCCC3)cc(=O)n12. The number of nitrogens with zero attached hydrogens (tertiary/aromatic N) is 3. The van der Waals surface area contributed by atoms with Gasteiger partial charge in [0.15, 0.2) is 10.1 Å². The Labute approximate surface area is 137 Å². The number of thiazole rings is 1. The van der Waals surface area contributed by atoms with Crippen LogP contribution in [0.3, 0.4) is 0 Å². The highest BCUT2D eigenvalue weighted by atomic mass is 32.2. The highest BCUT2D eigenvalue weighted by Gasteiger charge is 2.13. The van der Waals surface area contributed by atoms with Crippen LogP contribution in [0.2, 0.25) is 0 Å². The molecule has 0 bridgehead atoms. The molecule has 0 aromatic carbocycles. The van der Waals surface area contributed by atoms with E-state index in [1.54, 1.807) is 10.5 Å². The molecule has 0 amide bonds. The number of aliphatic imine (C=N–C) groups is 1. The van der Waals surface area contributed by atoms with Crippen LogP contribution in [0.4, 0.5) is 0 Å². The molecule has 118 valence electrons. The fourth-order valence-corrected chi connectivity index (χ4v) is 4.31. The minimum atomic E-state index is -0.0258. The number of nitrogens with two attached hydrogens (primary N) is 1. The normalized spacial score (nSPS) is 17.2. The molecule has 1 aliphatic rings. The zero-order chi connectivity index (χ0) is 15.5. The molecule has 0 atom stereocenters. The van der Waals surface area contributed by atoms with Gasteiger partial charge in [0.1, 0.15) is 0 Å². The second-order valence-corrected chi connectivity index (χ2v) is 7.46. The van der Waals surface area contributed by atoms with Gasteiger partial charge in [-0.15, -0.1) is 11.3 Å². The Morgan fingerprint density at radius 3 is 3.05 bits per heavy atom. The van der Waals surface area contributed by atoms with Crippen molar-refractivity contribution in [3.05, 3.63) is 33.2 Å². The molecule has 0 saturated heterocycles. The predicted molar refractivity (Wildman–Crippen MR) is 93.9 cm³/mol. The number of hydrogen-bond donors (Lipinski definition) is 1. The summed E-state index contributed by atoms with van der Waals surface area (Å²) < 4.78 is 1.64. The molecule has 0 radical (unpaired) electrons. The lowest BCUT2D eigenvalue weighted by molar-refractivity contribution is 0.444. The van der Waals surface area contributed by atoms with Gasteiger partial charge in [-0.1, -0.05) is 31.0 Å². The summed E-state index contributed by atoms with van der Waals surface area (Å²) in [5.74, 6) is 0.588. The highest BCUT2D eigenvalue weighted by Crippen LogP contribution is 2.21. The second kappa shape index (κ2) is 6.83. The third kappa shape index (κ3) is 3.52. The van der Waals surface area contributed by atoms with Crippen molar-refractivity contribution in [3.63, 3.8) is 0 Å². The summed E-state index contributed by atoms with van der Waals surface area (Å²) in [6.45, 7) is 1.91. The first-order valence-corrected chi connectivity index (χ1v) is 9.43. The fourth-order valence-electron chi connectivity index (χ4n) is 2.75. The molecule has 0 spiro atoms. The molecule has 0 unspecified atom stereocenters. The van der Waals surface area contributed by atoms with Crippen LogP contribution in [-0.2, 0) is 5.75 Å². The van der Waals surface area contributed by atoms with E-state index < -0.39 is 0 Å². The molecule has 1 aliphatic carbocycles. The molecule has 1 saturated carbocycles. The van der Waals surface area contributed by atoms with Crippen molar-refractivity contribution < 1.29 is 0 Å². The van der Waals surface area contributed by atoms with E-state index in [1.165, 1.54) is 42.4 Å². The lowest BCUT2D eigenvalue weighted by Gasteiger charge is -2.17. The van der Waals surface area contributed by atoms with Gasteiger partial charge < -0.3 is 5.73 Å². The Morgan fingerprint density at radius 1 is 1.50 bits per heavy atom. The van der Waals surface area contributed by atoms with Crippen molar-refractivity contribution in [3.8, 4) is 0 Å². The van der Waals surface area contributed by atoms with Crippen molar-refractivity contribution >= 4 is 33.2 Å². The Bertz CT molecular complexity index is 744. The maximum atomic E-state index is 12.1. The molecule has 7 heteroatoms. The Kier molecular flexibility index (Phi) is 4.83. The summed E-state index contributed by atoms with van der Waals surface area (Å²) in [6.07, 6.45) is 6.09. The summed E-state index contributed by atoms with van der Waals surface area (Å²) in [5.41, 5.74) is 7.67. The van der Waals surface area contributed by atoms with Crippen LogP contribution in [0.1, 0.15) is 43.5 Å². The van der Waals surface area contributed by atoms with Crippen molar-refractivity contribution in [2.24, 2.45) is 10.7 Å². The van der Waals surface area contributed by atoms with Gasteiger partial charge in [0.25, 0.3) is 5.56 Å². The average molecular weight is 336 g/mol. The van der Waals surface area contributed by atoms with Crippen LogP contribution in [0.5, 0.6) is 0 Å². The summed E-state index contributed by atoms with van der Waals surface area (Å²) in [4.78, 5) is 22.0. The monoisotopic (exact) mass is 336 g/mol. The maximum absolute atomic E-state index is 12.1. The van der Waals surface area contributed by atoms with Crippen molar-refractivity contribution in [1.29, 1.82) is 0 Å². The van der Waals surface area contributed by atoms with Gasteiger partial charge in [-0.2, -0.15) is 0 Å². The van der Waals surface area contributed by atoms with E-state index in [0.29, 0.717) is 17.0 Å². The van der Waals surface area contributed by atoms with E-state index in [-0.39, 0.29) is 5.56 Å². The average Bonchev–Trinajstić information content (AvgIpc) is 2.88. The molecule has 22 heavy (non-hydrogen) atoms. The minimum absolute atomic E-state index is 0.0258. The smallest absolute Gasteiger partial charge is 0.258 e. The molecule has 2 N–H and O–H groups in total. The van der Waals surface area contributed by atoms with Gasteiger partial charge in [-0.05, 0) is 19.8 Å². The van der Waals surface area contributed by atoms with Crippen LogP contribution < -0.4 is 11.3 Å². The van der Waals surface area contributed by atoms with Gasteiger partial charge >= 0.3 is 0 Å². The van der Waals surface area contributed by atoms with Gasteiger partial charge in [0.05, 0.1) is 11.7 Å². The van der Waals surface area contributed by atoms with E-state index >= 15 is 0 Å². The molecular formula is C15H20N4OS2. The van der Waals surface area contributed by atoms with Crippen LogP contribution in [0.25, 0.3) is 4.96 Å². The first kappa shape index (κ1) is 15.6. The summed E-state index contributed by atoms with van der Waals surface area (Å²) in [6, 6.07) is 1.97. The number of hydrogen-bond acceptors (Lipinski definition) is 5. The van der Waals surface area contributed by atoms with Crippen LogP contribution >= 0.6 is 23.1 Å². The third-order valence-electron chi connectivity index (χ3n) is 3.88. The zero-order valence-electron chi connectivity index (χ0n) is 12.6. The first-order chi connectivity index (χ1) is 10.6. The maximum Gasteiger partial charge on any atom is 0.258 e. The number of amidine groups is 1. The Morgan fingerprint density at radius 2 is 2.27 bits per heavy atom. The van der Waals surface area contributed by atoms with E-state index in [9.17, 15) is 4.79 Å². The molecule has 0 aliphatic heterocycles. The fraction of sp³-hybridized carbons (Fsp3) is 0.533. The second-order valence-electron chi connectivity index (χ2n) is 5.63. The number of aryl methyl sites for hydroxylation is 1. The largest absolute Gasteiger partial charge is 0.379 e. The number of thioether (sulfide) groups is 1. The number of rotatable bonds is 3. The van der Waals surface area contributed by atoms with Crippen LogP contribution in [0.15, 0.2) is 21.2 Å². The Hall–Kier alpha value is -1.34. The minimum Gasteiger partial charge on any atom is -0.379 e. The van der Waals surface area contributed by atoms with Gasteiger partial charge in [-0.25, -0.2) is 4.98 Å². The zero-order valence-corrected chi connectivity index (χ0v) is 14.3. The molecule has 2 heterocycles. The van der Waals surface area contributed by atoms with Gasteiger partial charge in [0, 0.05) is 22.9 Å². The highest BCUT2D eigenvalue weighted by molar-refractivity contribution is 8.13. The number of aromatic nitrogens is 2. The molecule has 5 nitrogen and oxygen atoms in total.